The van der Waals surface area contributed by atoms with E-state index in [1.165, 1.54) is 0 Å². The van der Waals surface area contributed by atoms with E-state index in [-0.39, 0.29) is 11.0 Å². The smallest absolute Gasteiger partial charge is 0.258 e. The summed E-state index contributed by atoms with van der Waals surface area (Å²) in [6, 6.07) is 13.6. The van der Waals surface area contributed by atoms with Crippen LogP contribution < -0.4 is 10.3 Å². The lowest BCUT2D eigenvalue weighted by Gasteiger charge is -2.13. The fraction of sp³-hybridized carbons (Fsp3) is 0.167. The van der Waals surface area contributed by atoms with Crippen molar-refractivity contribution in [2.75, 3.05) is 11.0 Å². The van der Waals surface area contributed by atoms with Gasteiger partial charge in [-0.2, -0.15) is 0 Å². The van der Waals surface area contributed by atoms with Gasteiger partial charge in [0.15, 0.2) is 0 Å². The third-order valence-electron chi connectivity index (χ3n) is 3.89. The van der Waals surface area contributed by atoms with Crippen LogP contribution in [-0.2, 0) is 18.0 Å². The molecule has 5 nitrogen and oxygen atoms in total. The number of benzene rings is 2. The molecule has 2 aromatic carbocycles. The van der Waals surface area contributed by atoms with Crippen LogP contribution in [0, 0.1) is 6.92 Å². The third-order valence-corrected chi connectivity index (χ3v) is 4.40. The van der Waals surface area contributed by atoms with Crippen LogP contribution in [0.3, 0.4) is 0 Å². The van der Waals surface area contributed by atoms with E-state index in [2.05, 4.69) is 4.72 Å². The number of fused-ring (bicyclic) bond motifs is 1. The van der Waals surface area contributed by atoms with Crippen molar-refractivity contribution in [1.82, 2.24) is 4.57 Å². The highest BCUT2D eigenvalue weighted by atomic mass is 32.2. The first-order chi connectivity index (χ1) is 11.0. The summed E-state index contributed by atoms with van der Waals surface area (Å²) in [6.45, 7) is 1.97. The highest BCUT2D eigenvalue weighted by Gasteiger charge is 2.10. The zero-order valence-corrected chi connectivity index (χ0v) is 14.6. The first-order valence-electron chi connectivity index (χ1n) is 7.27. The fourth-order valence-electron chi connectivity index (χ4n) is 2.70. The molecular weight excluding hydrogens is 324 g/mol. The summed E-state index contributed by atoms with van der Waals surface area (Å²) in [6.07, 6.45) is 3.45. The number of rotatable bonds is 3. The Morgan fingerprint density at radius 2 is 1.75 bits per heavy atom. The lowest BCUT2D eigenvalue weighted by molar-refractivity contribution is 0.690. The molecule has 0 radical (unpaired) electrons. The second kappa shape index (κ2) is 6.98. The number of nitrogens with zero attached hydrogens (tertiary/aromatic N) is 1. The van der Waals surface area contributed by atoms with Gasteiger partial charge in [0.1, 0.15) is 11.0 Å². The van der Waals surface area contributed by atoms with Crippen molar-refractivity contribution in [3.63, 3.8) is 0 Å². The van der Waals surface area contributed by atoms with E-state index in [9.17, 15) is 9.00 Å². The van der Waals surface area contributed by atoms with E-state index in [1.54, 1.807) is 17.9 Å². The van der Waals surface area contributed by atoms with Crippen molar-refractivity contribution in [1.29, 1.82) is 0 Å². The quantitative estimate of drug-likeness (QED) is 0.791. The first kappa shape index (κ1) is 17.9. The number of anilines is 1. The summed E-state index contributed by atoms with van der Waals surface area (Å²) < 4.78 is 16.0. The van der Waals surface area contributed by atoms with Crippen molar-refractivity contribution in [2.45, 2.75) is 6.92 Å². The van der Waals surface area contributed by atoms with E-state index in [4.69, 9.17) is 0 Å². The minimum atomic E-state index is -1.13. The molecule has 126 valence electrons. The maximum absolute atomic E-state index is 12.3. The van der Waals surface area contributed by atoms with Gasteiger partial charge in [0.2, 0.25) is 0 Å². The summed E-state index contributed by atoms with van der Waals surface area (Å²) in [7, 11) is 0.625. The topological polar surface area (TPSA) is 82.6 Å². The van der Waals surface area contributed by atoms with Crippen LogP contribution in [0.5, 0.6) is 0 Å². The van der Waals surface area contributed by atoms with Gasteiger partial charge < -0.3 is 14.8 Å². The normalized spacial score (nSPS) is 11.8. The second-order valence-corrected chi connectivity index (χ2v) is 6.70. The zero-order valence-electron chi connectivity index (χ0n) is 13.8. The zero-order chi connectivity index (χ0) is 16.6. The highest BCUT2D eigenvalue weighted by molar-refractivity contribution is 7.85. The van der Waals surface area contributed by atoms with Gasteiger partial charge in [-0.1, -0.05) is 30.3 Å². The molecule has 0 fully saturated rings. The van der Waals surface area contributed by atoms with Crippen LogP contribution in [-0.4, -0.2) is 20.5 Å². The highest BCUT2D eigenvalue weighted by Crippen LogP contribution is 2.30. The SMILES string of the molecule is Cc1ccc(-c2cn(C)c(=O)c3ccccc23)cc1NS(C)=O.O. The molecule has 1 aromatic heterocycles. The Balaban J connectivity index is 0.00000208. The Labute approximate surface area is 142 Å². The van der Waals surface area contributed by atoms with Crippen LogP contribution in [0.2, 0.25) is 0 Å². The molecule has 3 rings (SSSR count). The van der Waals surface area contributed by atoms with Crippen LogP contribution in [0.25, 0.3) is 21.9 Å². The Morgan fingerprint density at radius 3 is 2.42 bits per heavy atom. The number of hydrogen-bond acceptors (Lipinski definition) is 2. The molecule has 6 heteroatoms. The predicted molar refractivity (Wildman–Crippen MR) is 101 cm³/mol. The van der Waals surface area contributed by atoms with Crippen molar-refractivity contribution in [3.8, 4) is 11.1 Å². The minimum Gasteiger partial charge on any atom is -0.412 e. The Hall–Kier alpha value is -2.44. The van der Waals surface area contributed by atoms with E-state index in [0.29, 0.717) is 5.39 Å². The van der Waals surface area contributed by atoms with Gasteiger partial charge in [0.05, 0.1) is 0 Å². The van der Waals surface area contributed by atoms with E-state index in [0.717, 1.165) is 27.8 Å². The summed E-state index contributed by atoms with van der Waals surface area (Å²) in [5.74, 6) is 0. The molecule has 0 spiro atoms. The molecule has 0 amide bonds. The predicted octanol–water partition coefficient (Wildman–Crippen LogP) is 2.39. The lowest BCUT2D eigenvalue weighted by atomic mass is 9.99. The Bertz CT molecular complexity index is 980. The van der Waals surface area contributed by atoms with Gasteiger partial charge in [0, 0.05) is 36.1 Å². The van der Waals surface area contributed by atoms with Gasteiger partial charge in [0.25, 0.3) is 5.56 Å². The standard InChI is InChI=1S/C18H18N2O2S.H2O/c1-12-8-9-13(10-17(12)19-23(3)22)16-11-20(2)18(21)15-7-5-4-6-14(15)16;/h4-11,19H,1-3H3;1H2. The molecule has 3 N–H and O–H groups in total. The van der Waals surface area contributed by atoms with Crippen LogP contribution in [0.1, 0.15) is 5.56 Å². The molecule has 0 saturated carbocycles. The van der Waals surface area contributed by atoms with Crippen LogP contribution >= 0.6 is 0 Å². The van der Waals surface area contributed by atoms with Gasteiger partial charge in [-0.25, -0.2) is 4.21 Å². The van der Waals surface area contributed by atoms with Crippen molar-refractivity contribution in [2.24, 2.45) is 7.05 Å². The molecule has 1 heterocycles. The molecule has 0 aliphatic heterocycles. The number of nitrogens with one attached hydrogen (secondary N) is 1. The van der Waals surface area contributed by atoms with Gasteiger partial charge >= 0.3 is 0 Å². The fourth-order valence-corrected chi connectivity index (χ4v) is 3.23. The number of aromatic nitrogens is 1. The molecule has 0 bridgehead atoms. The maximum Gasteiger partial charge on any atom is 0.258 e. The van der Waals surface area contributed by atoms with E-state index >= 15 is 0 Å². The summed E-state index contributed by atoms with van der Waals surface area (Å²) >= 11 is 0. The largest absolute Gasteiger partial charge is 0.412 e. The second-order valence-electron chi connectivity index (χ2n) is 5.59. The van der Waals surface area contributed by atoms with Crippen LogP contribution in [0.15, 0.2) is 53.5 Å². The third kappa shape index (κ3) is 3.25. The van der Waals surface area contributed by atoms with Gasteiger partial charge in [-0.05, 0) is 35.6 Å². The van der Waals surface area contributed by atoms with Gasteiger partial charge in [-0.15, -0.1) is 0 Å². The molecule has 1 unspecified atom stereocenters. The number of aryl methyl sites for hydroxylation is 2. The van der Waals surface area contributed by atoms with Gasteiger partial charge in [-0.3, -0.25) is 4.79 Å². The molecule has 3 aromatic rings. The van der Waals surface area contributed by atoms with E-state index in [1.807, 2.05) is 55.6 Å². The van der Waals surface area contributed by atoms with Crippen molar-refractivity contribution < 1.29 is 9.69 Å². The molecular formula is C18H20N2O3S. The van der Waals surface area contributed by atoms with Crippen LogP contribution in [0.4, 0.5) is 5.69 Å². The number of hydrogen-bond donors (Lipinski definition) is 1. The molecule has 24 heavy (non-hydrogen) atoms. The molecule has 1 atom stereocenters. The summed E-state index contributed by atoms with van der Waals surface area (Å²) in [4.78, 5) is 12.3. The summed E-state index contributed by atoms with van der Waals surface area (Å²) in [5.41, 5.74) is 3.81. The maximum atomic E-state index is 12.3. The summed E-state index contributed by atoms with van der Waals surface area (Å²) in [5, 5.41) is 1.62. The minimum absolute atomic E-state index is 0. The molecule has 0 saturated heterocycles. The number of pyridine rings is 1. The van der Waals surface area contributed by atoms with Crippen molar-refractivity contribution >= 4 is 27.4 Å². The lowest BCUT2D eigenvalue weighted by Crippen LogP contribution is -2.16. The monoisotopic (exact) mass is 344 g/mol. The molecule has 0 aliphatic rings. The molecule has 0 aliphatic carbocycles. The average Bonchev–Trinajstić information content (AvgIpc) is 2.53. The Kier molecular flexibility index (Phi) is 5.21. The Morgan fingerprint density at radius 1 is 1.08 bits per heavy atom. The van der Waals surface area contributed by atoms with Crippen molar-refractivity contribution in [3.05, 3.63) is 64.6 Å². The first-order valence-corrected chi connectivity index (χ1v) is 8.82. The average molecular weight is 344 g/mol. The van der Waals surface area contributed by atoms with E-state index < -0.39 is 11.0 Å².